The largest absolute Gasteiger partial charge is 0.339 e. The lowest BCUT2D eigenvalue weighted by molar-refractivity contribution is -0.138. The molecule has 4 heteroatoms. The minimum atomic E-state index is -0.679. The molecule has 0 aromatic carbocycles. The molecule has 1 heterocycles. The number of carbonyl (C=O) groups is 1. The molecule has 88 valence electrons. The molecule has 0 bridgehead atoms. The Hall–Kier alpha value is -0.690. The van der Waals surface area contributed by atoms with Crippen LogP contribution in [0.5, 0.6) is 0 Å². The normalized spacial score (nSPS) is 28.8. The maximum absolute atomic E-state index is 12.4. The van der Waals surface area contributed by atoms with E-state index in [-0.39, 0.29) is 5.91 Å². The summed E-state index contributed by atoms with van der Waals surface area (Å²) in [6.07, 6.45) is 3.58. The molecule has 2 rings (SSSR count). The van der Waals surface area contributed by atoms with Gasteiger partial charge in [0.05, 0.1) is 6.07 Å². The van der Waals surface area contributed by atoms with Crippen LogP contribution in [-0.4, -0.2) is 34.9 Å². The first kappa shape index (κ1) is 11.8. The van der Waals surface area contributed by atoms with Crippen molar-refractivity contribution in [3.63, 3.8) is 0 Å². The fourth-order valence-electron chi connectivity index (χ4n) is 2.66. The molecule has 0 spiro atoms. The van der Waals surface area contributed by atoms with Crippen LogP contribution in [0.25, 0.3) is 0 Å². The van der Waals surface area contributed by atoms with E-state index in [2.05, 4.69) is 13.0 Å². The number of carbonyl (C=O) groups excluding carboxylic acids is 1. The number of thioether (sulfide) groups is 1. The number of hydrogen-bond acceptors (Lipinski definition) is 3. The van der Waals surface area contributed by atoms with Crippen molar-refractivity contribution in [2.75, 3.05) is 18.8 Å². The Labute approximate surface area is 101 Å². The van der Waals surface area contributed by atoms with Crippen molar-refractivity contribution in [3.8, 4) is 6.07 Å². The molecule has 0 aromatic rings. The van der Waals surface area contributed by atoms with Gasteiger partial charge in [0.2, 0.25) is 5.91 Å². The Morgan fingerprint density at radius 3 is 2.75 bits per heavy atom. The predicted molar refractivity (Wildman–Crippen MR) is 65.0 cm³/mol. The molecule has 1 unspecified atom stereocenters. The molecule has 1 aliphatic carbocycles. The third kappa shape index (κ3) is 2.06. The highest BCUT2D eigenvalue weighted by Crippen LogP contribution is 2.39. The van der Waals surface area contributed by atoms with Gasteiger partial charge in [0.15, 0.2) is 0 Å². The van der Waals surface area contributed by atoms with Crippen molar-refractivity contribution < 1.29 is 4.79 Å². The molecule has 1 saturated carbocycles. The van der Waals surface area contributed by atoms with Crippen LogP contribution in [0.2, 0.25) is 0 Å². The number of nitriles is 1. The van der Waals surface area contributed by atoms with E-state index in [4.69, 9.17) is 0 Å². The zero-order chi connectivity index (χ0) is 11.6. The summed E-state index contributed by atoms with van der Waals surface area (Å²) in [5.41, 5.74) is -0.679. The first-order valence-electron chi connectivity index (χ1n) is 6.00. The molecule has 1 atom stereocenters. The summed E-state index contributed by atoms with van der Waals surface area (Å²) in [5.74, 6) is 1.11. The lowest BCUT2D eigenvalue weighted by Crippen LogP contribution is -2.47. The second-order valence-electron chi connectivity index (χ2n) is 4.83. The Bertz CT molecular complexity index is 317. The minimum Gasteiger partial charge on any atom is -0.339 e. The molecular formula is C12H18N2OS. The van der Waals surface area contributed by atoms with Gasteiger partial charge >= 0.3 is 0 Å². The van der Waals surface area contributed by atoms with Gasteiger partial charge in [0.1, 0.15) is 5.41 Å². The number of amides is 1. The van der Waals surface area contributed by atoms with Gasteiger partial charge in [-0.1, -0.05) is 19.8 Å². The van der Waals surface area contributed by atoms with E-state index in [1.165, 1.54) is 0 Å². The molecule has 2 aliphatic rings. The van der Waals surface area contributed by atoms with E-state index in [9.17, 15) is 10.1 Å². The summed E-state index contributed by atoms with van der Waals surface area (Å²) in [5, 5.41) is 9.79. The first-order valence-corrected chi connectivity index (χ1v) is 7.05. The summed E-state index contributed by atoms with van der Waals surface area (Å²) >= 11 is 1.91. The van der Waals surface area contributed by atoms with Gasteiger partial charge in [-0.3, -0.25) is 4.79 Å². The number of rotatable bonds is 1. The molecule has 16 heavy (non-hydrogen) atoms. The SMILES string of the molecule is CC1CN(C(=O)C2(C#N)CCCC2)CCS1. The summed E-state index contributed by atoms with van der Waals surface area (Å²) in [7, 11) is 0. The molecule has 1 saturated heterocycles. The van der Waals surface area contributed by atoms with Crippen molar-refractivity contribution in [1.29, 1.82) is 5.26 Å². The van der Waals surface area contributed by atoms with Crippen LogP contribution in [0, 0.1) is 16.7 Å². The smallest absolute Gasteiger partial charge is 0.243 e. The van der Waals surface area contributed by atoms with E-state index >= 15 is 0 Å². The van der Waals surface area contributed by atoms with Gasteiger partial charge in [0, 0.05) is 24.1 Å². The second-order valence-corrected chi connectivity index (χ2v) is 6.38. The first-order chi connectivity index (χ1) is 7.68. The average Bonchev–Trinajstić information content (AvgIpc) is 2.78. The van der Waals surface area contributed by atoms with Crippen molar-refractivity contribution in [2.24, 2.45) is 5.41 Å². The summed E-state index contributed by atoms with van der Waals surface area (Å²) in [6.45, 7) is 3.78. The van der Waals surface area contributed by atoms with Crippen LogP contribution in [0.15, 0.2) is 0 Å². The molecule has 3 nitrogen and oxygen atoms in total. The van der Waals surface area contributed by atoms with E-state index < -0.39 is 5.41 Å². The number of hydrogen-bond donors (Lipinski definition) is 0. The zero-order valence-electron chi connectivity index (χ0n) is 9.74. The second kappa shape index (κ2) is 4.67. The Morgan fingerprint density at radius 2 is 2.19 bits per heavy atom. The summed E-state index contributed by atoms with van der Waals surface area (Å²) in [4.78, 5) is 14.3. The predicted octanol–water partition coefficient (Wildman–Crippen LogP) is 2.03. The third-order valence-corrected chi connectivity index (χ3v) is 4.75. The van der Waals surface area contributed by atoms with Crippen LogP contribution in [-0.2, 0) is 4.79 Å². The fourth-order valence-corrected chi connectivity index (χ4v) is 3.67. The van der Waals surface area contributed by atoms with E-state index in [0.29, 0.717) is 5.25 Å². The van der Waals surface area contributed by atoms with Gasteiger partial charge in [-0.05, 0) is 12.8 Å². The lowest BCUT2D eigenvalue weighted by atomic mass is 9.86. The monoisotopic (exact) mass is 238 g/mol. The van der Waals surface area contributed by atoms with Crippen LogP contribution >= 0.6 is 11.8 Å². The molecule has 2 fully saturated rings. The summed E-state index contributed by atoms with van der Waals surface area (Å²) in [6, 6.07) is 2.29. The van der Waals surface area contributed by atoms with Crippen LogP contribution in [0.3, 0.4) is 0 Å². The van der Waals surface area contributed by atoms with Gasteiger partial charge < -0.3 is 4.90 Å². The van der Waals surface area contributed by atoms with Gasteiger partial charge in [-0.15, -0.1) is 0 Å². The number of nitrogens with zero attached hydrogens (tertiary/aromatic N) is 2. The summed E-state index contributed by atoms with van der Waals surface area (Å²) < 4.78 is 0. The molecule has 0 aromatic heterocycles. The molecule has 1 aliphatic heterocycles. The highest BCUT2D eigenvalue weighted by molar-refractivity contribution is 7.99. The maximum atomic E-state index is 12.4. The van der Waals surface area contributed by atoms with Crippen LogP contribution in [0.1, 0.15) is 32.6 Å². The third-order valence-electron chi connectivity index (χ3n) is 3.61. The van der Waals surface area contributed by atoms with E-state index in [1.807, 2.05) is 16.7 Å². The Kier molecular flexibility index (Phi) is 3.44. The highest BCUT2D eigenvalue weighted by atomic mass is 32.2. The standard InChI is InChI=1S/C12H18N2OS/c1-10-8-14(6-7-16-10)11(15)12(9-13)4-2-3-5-12/h10H,2-8H2,1H3. The van der Waals surface area contributed by atoms with Crippen LogP contribution in [0.4, 0.5) is 0 Å². The lowest BCUT2D eigenvalue weighted by Gasteiger charge is -2.35. The molecule has 0 radical (unpaired) electrons. The average molecular weight is 238 g/mol. The Balaban J connectivity index is 2.08. The topological polar surface area (TPSA) is 44.1 Å². The van der Waals surface area contributed by atoms with Gasteiger partial charge in [-0.25, -0.2) is 0 Å². The zero-order valence-corrected chi connectivity index (χ0v) is 10.6. The highest BCUT2D eigenvalue weighted by Gasteiger charge is 2.44. The molecular weight excluding hydrogens is 220 g/mol. The van der Waals surface area contributed by atoms with Crippen molar-refractivity contribution in [3.05, 3.63) is 0 Å². The maximum Gasteiger partial charge on any atom is 0.243 e. The molecule has 1 amide bonds. The molecule has 0 N–H and O–H groups in total. The Morgan fingerprint density at radius 1 is 1.50 bits per heavy atom. The van der Waals surface area contributed by atoms with Crippen LogP contribution < -0.4 is 0 Å². The van der Waals surface area contributed by atoms with Crippen molar-refractivity contribution in [2.45, 2.75) is 37.9 Å². The van der Waals surface area contributed by atoms with Gasteiger partial charge in [0.25, 0.3) is 0 Å². The van der Waals surface area contributed by atoms with Crippen molar-refractivity contribution >= 4 is 17.7 Å². The van der Waals surface area contributed by atoms with Crippen molar-refractivity contribution in [1.82, 2.24) is 4.90 Å². The van der Waals surface area contributed by atoms with E-state index in [0.717, 1.165) is 44.5 Å². The fraction of sp³-hybridized carbons (Fsp3) is 0.833. The minimum absolute atomic E-state index is 0.0969. The quantitative estimate of drug-likeness (QED) is 0.702. The van der Waals surface area contributed by atoms with Gasteiger partial charge in [-0.2, -0.15) is 17.0 Å². The van der Waals surface area contributed by atoms with E-state index in [1.54, 1.807) is 0 Å².